The zero-order valence-corrected chi connectivity index (χ0v) is 11.4. The smallest absolute Gasteiger partial charge is 0.338 e. The molecule has 0 aromatic heterocycles. The molecular weight excluding hydrogens is 268 g/mol. The molecule has 20 heavy (non-hydrogen) atoms. The Morgan fingerprint density at radius 2 is 2.10 bits per heavy atom. The van der Waals surface area contributed by atoms with Gasteiger partial charge in [0, 0.05) is 12.6 Å². The van der Waals surface area contributed by atoms with E-state index in [1.54, 1.807) is 0 Å². The molecule has 6 heteroatoms. The fourth-order valence-corrected chi connectivity index (χ4v) is 2.40. The van der Waals surface area contributed by atoms with Crippen LogP contribution in [0.25, 0.3) is 0 Å². The summed E-state index contributed by atoms with van der Waals surface area (Å²) in [6, 6.07) is 2.28. The molecule has 0 aliphatic carbocycles. The lowest BCUT2D eigenvalue weighted by atomic mass is 9.93. The van der Waals surface area contributed by atoms with Gasteiger partial charge in [0.15, 0.2) is 11.6 Å². The molecule has 4 nitrogen and oxygen atoms in total. The van der Waals surface area contributed by atoms with Crippen molar-refractivity contribution in [3.63, 3.8) is 0 Å². The highest BCUT2D eigenvalue weighted by atomic mass is 19.2. The van der Waals surface area contributed by atoms with Crippen molar-refractivity contribution >= 4 is 11.7 Å². The molecule has 0 radical (unpaired) electrons. The number of benzene rings is 1. The molecular formula is C14H17F2NO3. The first-order chi connectivity index (χ1) is 9.30. The van der Waals surface area contributed by atoms with Crippen LogP contribution in [-0.4, -0.2) is 29.3 Å². The summed E-state index contributed by atoms with van der Waals surface area (Å²) >= 11 is 0. The molecule has 2 N–H and O–H groups in total. The summed E-state index contributed by atoms with van der Waals surface area (Å²) in [4.78, 5) is 10.7. The fraction of sp³-hybridized carbons (Fsp3) is 0.500. The summed E-state index contributed by atoms with van der Waals surface area (Å²) in [6.07, 6.45) is 1.35. The molecule has 1 aliphatic heterocycles. The van der Waals surface area contributed by atoms with Crippen molar-refractivity contribution in [2.24, 2.45) is 0 Å². The van der Waals surface area contributed by atoms with Gasteiger partial charge in [-0.05, 0) is 38.8 Å². The Hall–Kier alpha value is -1.69. The maximum atomic E-state index is 13.8. The summed E-state index contributed by atoms with van der Waals surface area (Å²) < 4.78 is 33.0. The Kier molecular flexibility index (Phi) is 3.94. The van der Waals surface area contributed by atoms with Gasteiger partial charge in [-0.3, -0.25) is 0 Å². The van der Waals surface area contributed by atoms with E-state index >= 15 is 0 Å². The molecule has 2 rings (SSSR count). The highest BCUT2D eigenvalue weighted by molar-refractivity contribution is 5.88. The van der Waals surface area contributed by atoms with Gasteiger partial charge in [0.05, 0.1) is 16.9 Å². The van der Waals surface area contributed by atoms with E-state index in [0.717, 1.165) is 6.07 Å². The van der Waals surface area contributed by atoms with Crippen molar-refractivity contribution in [3.05, 3.63) is 29.3 Å². The van der Waals surface area contributed by atoms with E-state index in [1.165, 1.54) is 6.07 Å². The van der Waals surface area contributed by atoms with Crippen LogP contribution in [0.3, 0.4) is 0 Å². The maximum absolute atomic E-state index is 13.8. The minimum absolute atomic E-state index is 0.0183. The molecule has 1 atom stereocenters. The highest BCUT2D eigenvalue weighted by Crippen LogP contribution is 2.28. The van der Waals surface area contributed by atoms with Gasteiger partial charge in [-0.15, -0.1) is 0 Å². The van der Waals surface area contributed by atoms with E-state index in [1.807, 2.05) is 13.8 Å². The van der Waals surface area contributed by atoms with E-state index in [-0.39, 0.29) is 17.3 Å². The van der Waals surface area contributed by atoms with Crippen LogP contribution < -0.4 is 5.32 Å². The molecule has 110 valence electrons. The van der Waals surface area contributed by atoms with Crippen molar-refractivity contribution in [1.29, 1.82) is 0 Å². The van der Waals surface area contributed by atoms with Crippen molar-refractivity contribution in [3.8, 4) is 0 Å². The third-order valence-electron chi connectivity index (χ3n) is 3.37. The first-order valence-corrected chi connectivity index (χ1v) is 6.42. The Labute approximate surface area is 115 Å². The van der Waals surface area contributed by atoms with Gasteiger partial charge in [0.25, 0.3) is 0 Å². The van der Waals surface area contributed by atoms with Crippen molar-refractivity contribution < 1.29 is 23.4 Å². The lowest BCUT2D eigenvalue weighted by Crippen LogP contribution is -2.40. The summed E-state index contributed by atoms with van der Waals surface area (Å²) in [5, 5.41) is 11.7. The second kappa shape index (κ2) is 5.36. The number of nitrogens with one attached hydrogen (secondary N) is 1. The van der Waals surface area contributed by atoms with Gasteiger partial charge in [0.1, 0.15) is 0 Å². The summed E-state index contributed by atoms with van der Waals surface area (Å²) in [7, 11) is 0. The molecule has 1 saturated heterocycles. The SMILES string of the molecule is CC1(C)CC(Nc2ccc(C(=O)O)c(F)c2F)CCO1. The van der Waals surface area contributed by atoms with Crippen LogP contribution in [0, 0.1) is 11.6 Å². The quantitative estimate of drug-likeness (QED) is 0.896. The number of halogens is 2. The zero-order chi connectivity index (χ0) is 14.9. The highest BCUT2D eigenvalue weighted by Gasteiger charge is 2.29. The molecule has 1 fully saturated rings. The second-order valence-corrected chi connectivity index (χ2v) is 5.54. The van der Waals surface area contributed by atoms with Crippen molar-refractivity contribution in [1.82, 2.24) is 0 Å². The Morgan fingerprint density at radius 3 is 2.70 bits per heavy atom. The van der Waals surface area contributed by atoms with E-state index in [0.29, 0.717) is 19.4 Å². The molecule has 0 bridgehead atoms. The standard InChI is InChI=1S/C14H17F2NO3/c1-14(2)7-8(5-6-20-14)17-10-4-3-9(13(18)19)11(15)12(10)16/h3-4,8,17H,5-7H2,1-2H3,(H,18,19). The van der Waals surface area contributed by atoms with Crippen LogP contribution in [0.5, 0.6) is 0 Å². The van der Waals surface area contributed by atoms with E-state index in [9.17, 15) is 13.6 Å². The number of anilines is 1. The van der Waals surface area contributed by atoms with Gasteiger partial charge in [-0.25, -0.2) is 13.6 Å². The third kappa shape index (κ3) is 3.07. The maximum Gasteiger partial charge on any atom is 0.338 e. The molecule has 0 amide bonds. The Balaban J connectivity index is 2.18. The van der Waals surface area contributed by atoms with Crippen LogP contribution >= 0.6 is 0 Å². The van der Waals surface area contributed by atoms with Gasteiger partial charge < -0.3 is 15.2 Å². The minimum Gasteiger partial charge on any atom is -0.478 e. The average molecular weight is 285 g/mol. The van der Waals surface area contributed by atoms with Crippen LogP contribution in [0.2, 0.25) is 0 Å². The minimum atomic E-state index is -1.49. The molecule has 0 saturated carbocycles. The number of ether oxygens (including phenoxy) is 1. The predicted molar refractivity (Wildman–Crippen MR) is 70.0 cm³/mol. The van der Waals surface area contributed by atoms with Crippen molar-refractivity contribution in [2.45, 2.75) is 38.3 Å². The molecule has 0 spiro atoms. The van der Waals surface area contributed by atoms with E-state index < -0.39 is 23.2 Å². The monoisotopic (exact) mass is 285 g/mol. The first kappa shape index (κ1) is 14.7. The molecule has 1 aromatic carbocycles. The number of carboxylic acid groups (broad SMARTS) is 1. The predicted octanol–water partition coefficient (Wildman–Crippen LogP) is 3.03. The van der Waals surface area contributed by atoms with Gasteiger partial charge >= 0.3 is 5.97 Å². The normalized spacial score (nSPS) is 21.5. The lowest BCUT2D eigenvalue weighted by molar-refractivity contribution is -0.0553. The van der Waals surface area contributed by atoms with Gasteiger partial charge in [0.2, 0.25) is 0 Å². The first-order valence-electron chi connectivity index (χ1n) is 6.42. The molecule has 1 unspecified atom stereocenters. The van der Waals surface area contributed by atoms with Crippen LogP contribution in [0.1, 0.15) is 37.0 Å². The summed E-state index contributed by atoms with van der Waals surface area (Å²) in [6.45, 7) is 4.42. The Morgan fingerprint density at radius 1 is 1.40 bits per heavy atom. The lowest BCUT2D eigenvalue weighted by Gasteiger charge is -2.36. The average Bonchev–Trinajstić information content (AvgIpc) is 2.33. The number of hydrogen-bond acceptors (Lipinski definition) is 3. The number of carboxylic acids is 1. The Bertz CT molecular complexity index is 531. The van der Waals surface area contributed by atoms with E-state index in [4.69, 9.17) is 9.84 Å². The van der Waals surface area contributed by atoms with Gasteiger partial charge in [-0.1, -0.05) is 0 Å². The molecule has 1 aliphatic rings. The largest absolute Gasteiger partial charge is 0.478 e. The molecule has 1 aromatic rings. The van der Waals surface area contributed by atoms with Crippen LogP contribution in [-0.2, 0) is 4.74 Å². The fourth-order valence-electron chi connectivity index (χ4n) is 2.40. The van der Waals surface area contributed by atoms with Crippen LogP contribution in [0.4, 0.5) is 14.5 Å². The van der Waals surface area contributed by atoms with E-state index in [2.05, 4.69) is 5.32 Å². The summed E-state index contributed by atoms with van der Waals surface area (Å²) in [5.74, 6) is -3.98. The molecule has 1 heterocycles. The van der Waals surface area contributed by atoms with Gasteiger partial charge in [-0.2, -0.15) is 0 Å². The van der Waals surface area contributed by atoms with Crippen molar-refractivity contribution in [2.75, 3.05) is 11.9 Å². The van der Waals surface area contributed by atoms with Crippen LogP contribution in [0.15, 0.2) is 12.1 Å². The second-order valence-electron chi connectivity index (χ2n) is 5.54. The third-order valence-corrected chi connectivity index (χ3v) is 3.37. The number of rotatable bonds is 3. The summed E-state index contributed by atoms with van der Waals surface area (Å²) in [5.41, 5.74) is -0.998. The number of aromatic carboxylic acids is 1. The zero-order valence-electron chi connectivity index (χ0n) is 11.4. The number of hydrogen-bond donors (Lipinski definition) is 2. The number of carbonyl (C=O) groups is 1. The topological polar surface area (TPSA) is 58.6 Å².